The Kier molecular flexibility index (Phi) is 5.53. The van der Waals surface area contributed by atoms with Crippen molar-refractivity contribution in [3.8, 4) is 5.75 Å². The SMILES string of the molecule is COCCC1(CNC(C)c2cccc(OC(F)F)c2)CC1. The predicted octanol–water partition coefficient (Wildman–Crippen LogP) is 3.76. The van der Waals surface area contributed by atoms with Crippen LogP contribution in [0.4, 0.5) is 8.78 Å². The molecule has 1 aliphatic rings. The molecule has 1 aromatic carbocycles. The van der Waals surface area contributed by atoms with Gasteiger partial charge in [0.15, 0.2) is 0 Å². The topological polar surface area (TPSA) is 30.5 Å². The van der Waals surface area contributed by atoms with Gasteiger partial charge in [0.25, 0.3) is 0 Å². The molecular formula is C16H23F2NO2. The monoisotopic (exact) mass is 299 g/mol. The number of hydrogen-bond donors (Lipinski definition) is 1. The van der Waals surface area contributed by atoms with Gasteiger partial charge in [-0.25, -0.2) is 0 Å². The first-order valence-corrected chi connectivity index (χ1v) is 7.32. The lowest BCUT2D eigenvalue weighted by Gasteiger charge is -2.20. The van der Waals surface area contributed by atoms with Crippen molar-refractivity contribution in [2.45, 2.75) is 38.8 Å². The zero-order valence-corrected chi connectivity index (χ0v) is 12.6. The number of hydrogen-bond acceptors (Lipinski definition) is 3. The van der Waals surface area contributed by atoms with Crippen molar-refractivity contribution in [2.75, 3.05) is 20.3 Å². The standard InChI is InChI=1S/C16H23F2NO2/c1-12(19-11-16(6-7-16)8-9-20-2)13-4-3-5-14(10-13)21-15(17)18/h3-5,10,12,15,19H,6-9,11H2,1-2H3. The lowest BCUT2D eigenvalue weighted by Crippen LogP contribution is -2.27. The van der Waals surface area contributed by atoms with Gasteiger partial charge >= 0.3 is 6.61 Å². The zero-order valence-electron chi connectivity index (χ0n) is 12.6. The van der Waals surface area contributed by atoms with Crippen LogP contribution in [0.2, 0.25) is 0 Å². The minimum absolute atomic E-state index is 0.103. The summed E-state index contributed by atoms with van der Waals surface area (Å²) in [6.45, 7) is 0.964. The molecule has 0 aromatic heterocycles. The fraction of sp³-hybridized carbons (Fsp3) is 0.625. The molecule has 2 rings (SSSR count). The molecule has 1 aliphatic carbocycles. The lowest BCUT2D eigenvalue weighted by atomic mass is 10.0. The third-order valence-corrected chi connectivity index (χ3v) is 4.16. The van der Waals surface area contributed by atoms with Crippen LogP contribution in [0.1, 0.15) is 37.8 Å². The minimum atomic E-state index is -2.78. The summed E-state index contributed by atoms with van der Waals surface area (Å²) in [7, 11) is 1.72. The second-order valence-electron chi connectivity index (χ2n) is 5.80. The van der Waals surface area contributed by atoms with Gasteiger partial charge in [-0.05, 0) is 49.3 Å². The molecule has 0 spiro atoms. The van der Waals surface area contributed by atoms with Crippen molar-refractivity contribution in [1.82, 2.24) is 5.32 Å². The third kappa shape index (κ3) is 4.93. The normalized spacial score (nSPS) is 17.8. The molecule has 1 atom stereocenters. The first kappa shape index (κ1) is 16.2. The number of halogens is 2. The van der Waals surface area contributed by atoms with Crippen LogP contribution in [0, 0.1) is 5.41 Å². The van der Waals surface area contributed by atoms with Crippen LogP contribution in [0.15, 0.2) is 24.3 Å². The van der Waals surface area contributed by atoms with E-state index in [0.29, 0.717) is 5.41 Å². The van der Waals surface area contributed by atoms with Crippen LogP contribution >= 0.6 is 0 Å². The van der Waals surface area contributed by atoms with E-state index >= 15 is 0 Å². The highest BCUT2D eigenvalue weighted by Gasteiger charge is 2.41. The van der Waals surface area contributed by atoms with E-state index in [9.17, 15) is 8.78 Å². The Morgan fingerprint density at radius 2 is 2.10 bits per heavy atom. The summed E-state index contributed by atoms with van der Waals surface area (Å²) < 4.78 is 34.1. The summed E-state index contributed by atoms with van der Waals surface area (Å²) in [5.41, 5.74) is 1.32. The smallest absolute Gasteiger partial charge is 0.387 e. The highest BCUT2D eigenvalue weighted by molar-refractivity contribution is 5.30. The van der Waals surface area contributed by atoms with Crippen LogP contribution in [0.25, 0.3) is 0 Å². The average Bonchev–Trinajstić information content (AvgIpc) is 3.23. The van der Waals surface area contributed by atoms with Crippen molar-refractivity contribution in [2.24, 2.45) is 5.41 Å². The van der Waals surface area contributed by atoms with Crippen LogP contribution in [-0.2, 0) is 4.74 Å². The van der Waals surface area contributed by atoms with Gasteiger partial charge < -0.3 is 14.8 Å². The van der Waals surface area contributed by atoms with E-state index in [-0.39, 0.29) is 11.8 Å². The molecule has 3 nitrogen and oxygen atoms in total. The summed E-state index contributed by atoms with van der Waals surface area (Å²) in [5, 5.41) is 3.49. The van der Waals surface area contributed by atoms with E-state index < -0.39 is 6.61 Å². The molecular weight excluding hydrogens is 276 g/mol. The number of methoxy groups -OCH3 is 1. The molecule has 0 heterocycles. The van der Waals surface area contributed by atoms with E-state index in [1.807, 2.05) is 13.0 Å². The Labute approximate surface area is 124 Å². The number of rotatable bonds is 9. The number of benzene rings is 1. The predicted molar refractivity (Wildman–Crippen MR) is 77.7 cm³/mol. The number of ether oxygens (including phenoxy) is 2. The first-order chi connectivity index (χ1) is 10.0. The summed E-state index contributed by atoms with van der Waals surface area (Å²) in [4.78, 5) is 0. The van der Waals surface area contributed by atoms with Gasteiger partial charge in [-0.3, -0.25) is 0 Å². The molecule has 0 amide bonds. The second-order valence-corrected chi connectivity index (χ2v) is 5.80. The van der Waals surface area contributed by atoms with Gasteiger partial charge in [0.2, 0.25) is 0 Å². The molecule has 118 valence electrons. The molecule has 1 unspecified atom stereocenters. The van der Waals surface area contributed by atoms with Crippen LogP contribution in [0.3, 0.4) is 0 Å². The van der Waals surface area contributed by atoms with Crippen LogP contribution < -0.4 is 10.1 Å². The second kappa shape index (κ2) is 7.18. The van der Waals surface area contributed by atoms with E-state index in [0.717, 1.165) is 25.1 Å². The van der Waals surface area contributed by atoms with Crippen molar-refractivity contribution < 1.29 is 18.3 Å². The molecule has 0 radical (unpaired) electrons. The molecule has 21 heavy (non-hydrogen) atoms. The van der Waals surface area contributed by atoms with Gasteiger partial charge in [0.1, 0.15) is 5.75 Å². The average molecular weight is 299 g/mol. The summed E-state index contributed by atoms with van der Waals surface area (Å²) in [6.07, 6.45) is 3.52. The van der Waals surface area contributed by atoms with Gasteiger partial charge in [0, 0.05) is 26.3 Å². The summed E-state index contributed by atoms with van der Waals surface area (Å²) in [5.74, 6) is 0.205. The molecule has 1 fully saturated rings. The maximum atomic E-state index is 12.2. The quantitative estimate of drug-likeness (QED) is 0.753. The Balaban J connectivity index is 1.87. The molecule has 1 saturated carbocycles. The lowest BCUT2D eigenvalue weighted by molar-refractivity contribution is -0.0499. The van der Waals surface area contributed by atoms with Gasteiger partial charge in [-0.2, -0.15) is 8.78 Å². The van der Waals surface area contributed by atoms with Gasteiger partial charge in [-0.1, -0.05) is 12.1 Å². The van der Waals surface area contributed by atoms with E-state index in [1.54, 1.807) is 25.3 Å². The highest BCUT2D eigenvalue weighted by Crippen LogP contribution is 2.48. The fourth-order valence-corrected chi connectivity index (χ4v) is 2.46. The summed E-state index contributed by atoms with van der Waals surface area (Å²) in [6, 6.07) is 6.97. The maximum absolute atomic E-state index is 12.2. The van der Waals surface area contributed by atoms with Crippen molar-refractivity contribution in [3.05, 3.63) is 29.8 Å². The number of alkyl halides is 2. The zero-order chi connectivity index (χ0) is 15.3. The number of nitrogens with one attached hydrogen (secondary N) is 1. The molecule has 5 heteroatoms. The molecule has 0 aliphatic heterocycles. The van der Waals surface area contributed by atoms with Crippen molar-refractivity contribution >= 4 is 0 Å². The molecule has 0 bridgehead atoms. The van der Waals surface area contributed by atoms with Gasteiger partial charge in [0.05, 0.1) is 0 Å². The van der Waals surface area contributed by atoms with E-state index in [2.05, 4.69) is 10.1 Å². The van der Waals surface area contributed by atoms with Crippen LogP contribution in [-0.4, -0.2) is 26.9 Å². The van der Waals surface area contributed by atoms with E-state index in [1.165, 1.54) is 12.8 Å². The van der Waals surface area contributed by atoms with Crippen molar-refractivity contribution in [1.29, 1.82) is 0 Å². The largest absolute Gasteiger partial charge is 0.435 e. The minimum Gasteiger partial charge on any atom is -0.435 e. The van der Waals surface area contributed by atoms with E-state index in [4.69, 9.17) is 4.74 Å². The fourth-order valence-electron chi connectivity index (χ4n) is 2.46. The highest BCUT2D eigenvalue weighted by atomic mass is 19.3. The van der Waals surface area contributed by atoms with Crippen LogP contribution in [0.5, 0.6) is 5.75 Å². The Bertz CT molecular complexity index is 450. The third-order valence-electron chi connectivity index (χ3n) is 4.16. The van der Waals surface area contributed by atoms with Gasteiger partial charge in [-0.15, -0.1) is 0 Å². The summed E-state index contributed by atoms with van der Waals surface area (Å²) >= 11 is 0. The molecule has 1 aromatic rings. The Morgan fingerprint density at radius 3 is 2.71 bits per heavy atom. The first-order valence-electron chi connectivity index (χ1n) is 7.32. The Morgan fingerprint density at radius 1 is 1.33 bits per heavy atom. The Hall–Kier alpha value is -1.20. The molecule has 0 saturated heterocycles. The molecule has 1 N–H and O–H groups in total. The maximum Gasteiger partial charge on any atom is 0.387 e. The van der Waals surface area contributed by atoms with Crippen molar-refractivity contribution in [3.63, 3.8) is 0 Å².